The van der Waals surface area contributed by atoms with Crippen LogP contribution in [-0.2, 0) is 20.1 Å². The summed E-state index contributed by atoms with van der Waals surface area (Å²) in [5.74, 6) is -1.19. The summed E-state index contributed by atoms with van der Waals surface area (Å²) in [6, 6.07) is 4.29. The van der Waals surface area contributed by atoms with Gasteiger partial charge in [0.05, 0.1) is 12.4 Å². The fourth-order valence-corrected chi connectivity index (χ4v) is 2.23. The zero-order valence-corrected chi connectivity index (χ0v) is 11.8. The number of benzene rings is 1. The number of thioether (sulfide) groups is 1. The number of aliphatic carboxylic acids is 1. The highest BCUT2D eigenvalue weighted by atomic mass is 32.2. The van der Waals surface area contributed by atoms with Crippen LogP contribution in [0.1, 0.15) is 18.1 Å². The molecule has 0 fully saturated rings. The minimum absolute atomic E-state index is 0.199. The van der Waals surface area contributed by atoms with Crippen molar-refractivity contribution >= 4 is 29.8 Å². The van der Waals surface area contributed by atoms with E-state index in [0.717, 1.165) is 6.08 Å². The first kappa shape index (κ1) is 16.2. The number of rotatable bonds is 7. The monoisotopic (exact) mass is 298 g/mol. The molecule has 108 valence electrons. The molecule has 0 aromatic heterocycles. The van der Waals surface area contributed by atoms with Crippen molar-refractivity contribution < 1.29 is 23.8 Å². The molecular formula is C14H15FO4S. The van der Waals surface area contributed by atoms with Gasteiger partial charge in [0.1, 0.15) is 5.82 Å². The predicted molar refractivity (Wildman–Crippen MR) is 75.9 cm³/mol. The molecule has 0 unspecified atom stereocenters. The molecule has 0 heterocycles. The first-order valence-corrected chi connectivity index (χ1v) is 7.10. The molecule has 1 aromatic carbocycles. The van der Waals surface area contributed by atoms with E-state index in [1.165, 1.54) is 30.0 Å². The van der Waals surface area contributed by atoms with Crippen LogP contribution in [0.3, 0.4) is 0 Å². The standard InChI is InChI=1S/C14H15FO4S/c1-2-19-14(18)9-20-8-11-5-10(3-4-13(16)17)6-12(15)7-11/h3-7H,2,8-9H2,1H3,(H,16,17). The van der Waals surface area contributed by atoms with Crippen LogP contribution in [0.5, 0.6) is 0 Å². The number of ether oxygens (including phenoxy) is 1. The third kappa shape index (κ3) is 6.38. The average molecular weight is 298 g/mol. The Labute approximate surface area is 120 Å². The van der Waals surface area contributed by atoms with Gasteiger partial charge in [0.2, 0.25) is 0 Å². The van der Waals surface area contributed by atoms with Crippen LogP contribution in [-0.4, -0.2) is 29.4 Å². The van der Waals surface area contributed by atoms with E-state index < -0.39 is 11.8 Å². The molecule has 0 bridgehead atoms. The van der Waals surface area contributed by atoms with Crippen molar-refractivity contribution in [3.05, 3.63) is 41.2 Å². The lowest BCUT2D eigenvalue weighted by Gasteiger charge is -2.04. The maximum atomic E-state index is 13.4. The zero-order valence-electron chi connectivity index (χ0n) is 11.0. The number of esters is 1. The molecule has 20 heavy (non-hydrogen) atoms. The molecule has 4 nitrogen and oxygen atoms in total. The molecule has 1 aromatic rings. The van der Waals surface area contributed by atoms with Crippen molar-refractivity contribution in [1.29, 1.82) is 0 Å². The fraction of sp³-hybridized carbons (Fsp3) is 0.286. The van der Waals surface area contributed by atoms with Crippen LogP contribution in [0.25, 0.3) is 6.08 Å². The lowest BCUT2D eigenvalue weighted by Crippen LogP contribution is -2.06. The van der Waals surface area contributed by atoms with Gasteiger partial charge < -0.3 is 9.84 Å². The Morgan fingerprint density at radius 1 is 1.40 bits per heavy atom. The van der Waals surface area contributed by atoms with Crippen LogP contribution in [0.4, 0.5) is 4.39 Å². The van der Waals surface area contributed by atoms with Crippen LogP contribution < -0.4 is 0 Å². The topological polar surface area (TPSA) is 63.6 Å². The van der Waals surface area contributed by atoms with E-state index in [0.29, 0.717) is 23.5 Å². The highest BCUT2D eigenvalue weighted by Gasteiger charge is 2.04. The molecular weight excluding hydrogens is 283 g/mol. The van der Waals surface area contributed by atoms with Crippen molar-refractivity contribution in [1.82, 2.24) is 0 Å². The van der Waals surface area contributed by atoms with Gasteiger partial charge in [0, 0.05) is 11.8 Å². The average Bonchev–Trinajstić information content (AvgIpc) is 2.36. The van der Waals surface area contributed by atoms with E-state index in [2.05, 4.69) is 0 Å². The normalized spacial score (nSPS) is 10.7. The Bertz CT molecular complexity index is 514. The van der Waals surface area contributed by atoms with Gasteiger partial charge in [-0.2, -0.15) is 0 Å². The second-order valence-corrected chi connectivity index (χ2v) is 4.85. The van der Waals surface area contributed by atoms with Crippen molar-refractivity contribution in [2.24, 2.45) is 0 Å². The van der Waals surface area contributed by atoms with Crippen LogP contribution in [0.15, 0.2) is 24.3 Å². The SMILES string of the molecule is CCOC(=O)CSCc1cc(F)cc(C=CC(=O)O)c1. The van der Waals surface area contributed by atoms with Gasteiger partial charge in [-0.1, -0.05) is 6.07 Å². The molecule has 0 saturated heterocycles. The highest BCUT2D eigenvalue weighted by Crippen LogP contribution is 2.17. The van der Waals surface area contributed by atoms with Gasteiger partial charge in [-0.25, -0.2) is 9.18 Å². The quantitative estimate of drug-likeness (QED) is 0.619. The molecule has 0 aliphatic carbocycles. The molecule has 6 heteroatoms. The Balaban J connectivity index is 2.62. The molecule has 0 spiro atoms. The zero-order chi connectivity index (χ0) is 15.0. The first-order valence-electron chi connectivity index (χ1n) is 5.95. The summed E-state index contributed by atoms with van der Waals surface area (Å²) in [6.07, 6.45) is 2.27. The van der Waals surface area contributed by atoms with E-state index >= 15 is 0 Å². The summed E-state index contributed by atoms with van der Waals surface area (Å²) in [7, 11) is 0. The van der Waals surface area contributed by atoms with Crippen molar-refractivity contribution in [3.63, 3.8) is 0 Å². The van der Waals surface area contributed by atoms with E-state index in [9.17, 15) is 14.0 Å². The highest BCUT2D eigenvalue weighted by molar-refractivity contribution is 7.99. The molecule has 1 N–H and O–H groups in total. The number of halogens is 1. The van der Waals surface area contributed by atoms with E-state index in [1.54, 1.807) is 13.0 Å². The number of hydrogen-bond donors (Lipinski definition) is 1. The minimum Gasteiger partial charge on any atom is -0.478 e. The van der Waals surface area contributed by atoms with Gasteiger partial charge >= 0.3 is 11.9 Å². The summed E-state index contributed by atoms with van der Waals surface area (Å²) in [4.78, 5) is 21.6. The smallest absolute Gasteiger partial charge is 0.328 e. The Kier molecular flexibility index (Phi) is 6.79. The third-order valence-electron chi connectivity index (χ3n) is 2.19. The van der Waals surface area contributed by atoms with Crippen molar-refractivity contribution in [2.75, 3.05) is 12.4 Å². The number of carbonyl (C=O) groups is 2. The van der Waals surface area contributed by atoms with Gasteiger partial charge in [-0.05, 0) is 36.3 Å². The second-order valence-electron chi connectivity index (χ2n) is 3.86. The van der Waals surface area contributed by atoms with Crippen LogP contribution in [0.2, 0.25) is 0 Å². The molecule has 0 amide bonds. The summed E-state index contributed by atoms with van der Waals surface area (Å²) in [5, 5.41) is 8.53. The maximum Gasteiger partial charge on any atom is 0.328 e. The molecule has 0 saturated carbocycles. The Morgan fingerprint density at radius 2 is 2.15 bits per heavy atom. The largest absolute Gasteiger partial charge is 0.478 e. The maximum absolute atomic E-state index is 13.4. The number of carbonyl (C=O) groups excluding carboxylic acids is 1. The second kappa shape index (κ2) is 8.37. The number of hydrogen-bond acceptors (Lipinski definition) is 4. The Morgan fingerprint density at radius 3 is 2.80 bits per heavy atom. The summed E-state index contributed by atoms with van der Waals surface area (Å²) >= 11 is 1.31. The molecule has 0 aliphatic rings. The van der Waals surface area contributed by atoms with Gasteiger partial charge in [0.15, 0.2) is 0 Å². The number of carboxylic acids is 1. The predicted octanol–water partition coefficient (Wildman–Crippen LogP) is 2.72. The van der Waals surface area contributed by atoms with E-state index in [4.69, 9.17) is 9.84 Å². The van der Waals surface area contributed by atoms with E-state index in [1.807, 2.05) is 0 Å². The van der Waals surface area contributed by atoms with Crippen LogP contribution >= 0.6 is 11.8 Å². The molecule has 0 radical (unpaired) electrons. The van der Waals surface area contributed by atoms with Crippen LogP contribution in [0, 0.1) is 5.82 Å². The lowest BCUT2D eigenvalue weighted by molar-refractivity contribution is -0.139. The van der Waals surface area contributed by atoms with Gasteiger partial charge in [-0.3, -0.25) is 4.79 Å². The fourth-order valence-electron chi connectivity index (χ4n) is 1.48. The summed E-state index contributed by atoms with van der Waals surface area (Å²) in [6.45, 7) is 2.07. The molecule has 0 aliphatic heterocycles. The lowest BCUT2D eigenvalue weighted by atomic mass is 10.1. The van der Waals surface area contributed by atoms with Gasteiger partial charge in [0.25, 0.3) is 0 Å². The van der Waals surface area contributed by atoms with E-state index in [-0.39, 0.29) is 11.7 Å². The van der Waals surface area contributed by atoms with Crippen molar-refractivity contribution in [2.45, 2.75) is 12.7 Å². The Hall–Kier alpha value is -1.82. The third-order valence-corrected chi connectivity index (χ3v) is 3.17. The molecule has 1 rings (SSSR count). The first-order chi connectivity index (χ1) is 9.51. The molecule has 0 atom stereocenters. The summed E-state index contributed by atoms with van der Waals surface area (Å²) < 4.78 is 18.2. The minimum atomic E-state index is -1.09. The van der Waals surface area contributed by atoms with Crippen molar-refractivity contribution in [3.8, 4) is 0 Å². The number of carboxylic acid groups (broad SMARTS) is 1. The summed E-state index contributed by atoms with van der Waals surface area (Å²) in [5.41, 5.74) is 1.16. The van der Waals surface area contributed by atoms with Gasteiger partial charge in [-0.15, -0.1) is 11.8 Å².